The molecule has 0 aromatic heterocycles. The third-order valence-electron chi connectivity index (χ3n) is 4.17. The molecule has 0 radical (unpaired) electrons. The molecule has 98 valence electrons. The van der Waals surface area contributed by atoms with E-state index in [0.717, 1.165) is 45.3 Å². The quantitative estimate of drug-likeness (QED) is 0.743. The second kappa shape index (κ2) is 5.83. The van der Waals surface area contributed by atoms with Crippen LogP contribution in [0.2, 0.25) is 0 Å². The van der Waals surface area contributed by atoms with Gasteiger partial charge < -0.3 is 15.3 Å². The molecule has 2 heterocycles. The maximum atomic E-state index is 12.4. The topological polar surface area (TPSA) is 52.6 Å². The first-order chi connectivity index (χ1) is 8.22. The molecule has 2 fully saturated rings. The van der Waals surface area contributed by atoms with E-state index in [0.29, 0.717) is 17.9 Å². The minimum absolute atomic E-state index is 0.140. The van der Waals surface area contributed by atoms with Crippen LogP contribution in [0, 0.1) is 11.8 Å². The van der Waals surface area contributed by atoms with E-state index in [-0.39, 0.29) is 12.5 Å². The summed E-state index contributed by atoms with van der Waals surface area (Å²) in [5.74, 6) is 0.726. The molecular formula is C13H24N2O2. The van der Waals surface area contributed by atoms with Gasteiger partial charge in [0.2, 0.25) is 5.91 Å². The standard InChI is InChI=1S/C13H24N2O2/c1-10-12(5-2-6-14-10)13(17)15-7-3-4-11(8-15)9-16/h10-12,14,16H,2-9H2,1H3. The van der Waals surface area contributed by atoms with Crippen LogP contribution in [0.25, 0.3) is 0 Å². The monoisotopic (exact) mass is 240 g/mol. The van der Waals surface area contributed by atoms with Crippen molar-refractivity contribution < 1.29 is 9.90 Å². The second-order valence-corrected chi connectivity index (χ2v) is 5.47. The molecule has 2 aliphatic heterocycles. The van der Waals surface area contributed by atoms with Gasteiger partial charge in [-0.1, -0.05) is 0 Å². The third kappa shape index (κ3) is 2.99. The molecule has 0 aromatic rings. The van der Waals surface area contributed by atoms with Crippen LogP contribution in [0.1, 0.15) is 32.6 Å². The molecule has 2 N–H and O–H groups in total. The van der Waals surface area contributed by atoms with Gasteiger partial charge in [-0.2, -0.15) is 0 Å². The number of piperidine rings is 2. The van der Waals surface area contributed by atoms with Gasteiger partial charge in [-0.3, -0.25) is 4.79 Å². The summed E-state index contributed by atoms with van der Waals surface area (Å²) < 4.78 is 0. The molecule has 0 spiro atoms. The molecule has 3 unspecified atom stereocenters. The first-order valence-corrected chi connectivity index (χ1v) is 6.85. The number of hydrogen-bond acceptors (Lipinski definition) is 3. The predicted octanol–water partition coefficient (Wildman–Crippen LogP) is 0.605. The lowest BCUT2D eigenvalue weighted by molar-refractivity contribution is -0.139. The first-order valence-electron chi connectivity index (χ1n) is 6.85. The molecule has 0 bridgehead atoms. The molecule has 2 aliphatic rings. The highest BCUT2D eigenvalue weighted by atomic mass is 16.3. The fourth-order valence-electron chi connectivity index (χ4n) is 3.03. The SMILES string of the molecule is CC1NCCCC1C(=O)N1CCCC(CO)C1. The van der Waals surface area contributed by atoms with E-state index < -0.39 is 0 Å². The average Bonchev–Trinajstić information content (AvgIpc) is 2.38. The highest BCUT2D eigenvalue weighted by Crippen LogP contribution is 2.23. The maximum absolute atomic E-state index is 12.4. The summed E-state index contributed by atoms with van der Waals surface area (Å²) in [6.07, 6.45) is 4.19. The predicted molar refractivity (Wildman–Crippen MR) is 66.6 cm³/mol. The Morgan fingerprint density at radius 1 is 1.41 bits per heavy atom. The Hall–Kier alpha value is -0.610. The normalized spacial score (nSPS) is 34.7. The Balaban J connectivity index is 1.93. The van der Waals surface area contributed by atoms with Crippen molar-refractivity contribution in [3.05, 3.63) is 0 Å². The Labute approximate surface area is 103 Å². The fourth-order valence-corrected chi connectivity index (χ4v) is 3.03. The van der Waals surface area contributed by atoms with Crippen LogP contribution in [-0.2, 0) is 4.79 Å². The van der Waals surface area contributed by atoms with E-state index >= 15 is 0 Å². The maximum Gasteiger partial charge on any atom is 0.227 e. The van der Waals surface area contributed by atoms with Gasteiger partial charge in [0, 0.05) is 25.7 Å². The summed E-state index contributed by atoms with van der Waals surface area (Å²) in [7, 11) is 0. The molecule has 1 amide bonds. The fraction of sp³-hybridized carbons (Fsp3) is 0.923. The van der Waals surface area contributed by atoms with Crippen molar-refractivity contribution in [2.45, 2.75) is 38.6 Å². The summed E-state index contributed by atoms with van der Waals surface area (Å²) in [5, 5.41) is 12.6. The van der Waals surface area contributed by atoms with Crippen molar-refractivity contribution in [3.63, 3.8) is 0 Å². The third-order valence-corrected chi connectivity index (χ3v) is 4.17. The number of hydrogen-bond donors (Lipinski definition) is 2. The first kappa shape index (κ1) is 12.8. The number of aliphatic hydroxyl groups excluding tert-OH is 1. The second-order valence-electron chi connectivity index (χ2n) is 5.47. The molecule has 17 heavy (non-hydrogen) atoms. The number of nitrogens with zero attached hydrogens (tertiary/aromatic N) is 1. The van der Waals surface area contributed by atoms with Crippen molar-refractivity contribution in [2.24, 2.45) is 11.8 Å². The van der Waals surface area contributed by atoms with Crippen LogP contribution in [0.15, 0.2) is 0 Å². The number of rotatable bonds is 2. The van der Waals surface area contributed by atoms with E-state index in [2.05, 4.69) is 12.2 Å². The van der Waals surface area contributed by atoms with Crippen LogP contribution < -0.4 is 5.32 Å². The van der Waals surface area contributed by atoms with E-state index in [1.165, 1.54) is 0 Å². The Bertz CT molecular complexity index is 270. The minimum atomic E-state index is 0.140. The van der Waals surface area contributed by atoms with Crippen LogP contribution >= 0.6 is 0 Å². The van der Waals surface area contributed by atoms with E-state index in [4.69, 9.17) is 0 Å². The summed E-state index contributed by atoms with van der Waals surface area (Å²) >= 11 is 0. The van der Waals surface area contributed by atoms with Crippen molar-refractivity contribution >= 4 is 5.91 Å². The van der Waals surface area contributed by atoms with Crippen molar-refractivity contribution in [1.82, 2.24) is 10.2 Å². The average molecular weight is 240 g/mol. The van der Waals surface area contributed by atoms with Gasteiger partial charge in [0.25, 0.3) is 0 Å². The number of amides is 1. The highest BCUT2D eigenvalue weighted by Gasteiger charge is 2.33. The van der Waals surface area contributed by atoms with Gasteiger partial charge in [0.05, 0.1) is 5.92 Å². The van der Waals surface area contributed by atoms with Crippen molar-refractivity contribution in [2.75, 3.05) is 26.2 Å². The number of nitrogens with one attached hydrogen (secondary N) is 1. The van der Waals surface area contributed by atoms with Gasteiger partial charge in [0.1, 0.15) is 0 Å². The van der Waals surface area contributed by atoms with Crippen molar-refractivity contribution in [1.29, 1.82) is 0 Å². The molecule has 2 rings (SSSR count). The van der Waals surface area contributed by atoms with Crippen LogP contribution in [-0.4, -0.2) is 48.2 Å². The lowest BCUT2D eigenvalue weighted by atomic mass is 9.89. The summed E-state index contributed by atoms with van der Waals surface area (Å²) in [4.78, 5) is 14.4. The van der Waals surface area contributed by atoms with Crippen molar-refractivity contribution in [3.8, 4) is 0 Å². The molecule has 0 aliphatic carbocycles. The Kier molecular flexibility index (Phi) is 4.40. The molecule has 0 aromatic carbocycles. The van der Waals surface area contributed by atoms with E-state index in [1.807, 2.05) is 4.90 Å². The summed E-state index contributed by atoms with van der Waals surface area (Å²) in [6, 6.07) is 0.297. The summed E-state index contributed by atoms with van der Waals surface area (Å²) in [5.41, 5.74) is 0. The van der Waals surface area contributed by atoms with Gasteiger partial charge in [-0.15, -0.1) is 0 Å². The van der Waals surface area contributed by atoms with E-state index in [1.54, 1.807) is 0 Å². The molecule has 4 heteroatoms. The molecular weight excluding hydrogens is 216 g/mol. The largest absolute Gasteiger partial charge is 0.396 e. The van der Waals surface area contributed by atoms with Gasteiger partial charge in [-0.25, -0.2) is 0 Å². The lowest BCUT2D eigenvalue weighted by Gasteiger charge is -2.37. The van der Waals surface area contributed by atoms with Gasteiger partial charge in [0.15, 0.2) is 0 Å². The lowest BCUT2D eigenvalue weighted by Crippen LogP contribution is -2.50. The van der Waals surface area contributed by atoms with Gasteiger partial charge in [-0.05, 0) is 45.1 Å². The van der Waals surface area contributed by atoms with Crippen LogP contribution in [0.4, 0.5) is 0 Å². The van der Waals surface area contributed by atoms with Crippen LogP contribution in [0.5, 0.6) is 0 Å². The Morgan fingerprint density at radius 3 is 2.94 bits per heavy atom. The highest BCUT2D eigenvalue weighted by molar-refractivity contribution is 5.79. The molecule has 4 nitrogen and oxygen atoms in total. The number of aliphatic hydroxyl groups is 1. The zero-order chi connectivity index (χ0) is 12.3. The smallest absolute Gasteiger partial charge is 0.227 e. The number of carbonyl (C=O) groups is 1. The number of carbonyl (C=O) groups excluding carboxylic acids is 1. The summed E-state index contributed by atoms with van der Waals surface area (Å²) in [6.45, 7) is 4.97. The minimum Gasteiger partial charge on any atom is -0.396 e. The van der Waals surface area contributed by atoms with Gasteiger partial charge >= 0.3 is 0 Å². The molecule has 3 atom stereocenters. The van der Waals surface area contributed by atoms with E-state index in [9.17, 15) is 9.90 Å². The zero-order valence-electron chi connectivity index (χ0n) is 10.7. The number of likely N-dealkylation sites (tertiary alicyclic amines) is 1. The molecule has 2 saturated heterocycles. The Morgan fingerprint density at radius 2 is 2.24 bits per heavy atom. The molecule has 0 saturated carbocycles. The zero-order valence-corrected chi connectivity index (χ0v) is 10.7. The van der Waals surface area contributed by atoms with Crippen LogP contribution in [0.3, 0.4) is 0 Å².